The minimum Gasteiger partial charge on any atom is -0.481 e. The van der Waals surface area contributed by atoms with Crippen molar-refractivity contribution < 1.29 is 24.5 Å². The second-order valence-corrected chi connectivity index (χ2v) is 7.02. The molecule has 0 amide bonds. The molecular formula is C20H34O5. The van der Waals surface area contributed by atoms with Crippen molar-refractivity contribution in [3.63, 3.8) is 0 Å². The number of aliphatic carboxylic acids is 1. The van der Waals surface area contributed by atoms with Crippen molar-refractivity contribution in [2.75, 3.05) is 13.2 Å². The molecule has 2 N–H and O–H groups in total. The summed E-state index contributed by atoms with van der Waals surface area (Å²) in [5.74, 6) is -0.525. The number of hydrogen-bond donors (Lipinski definition) is 2. The number of carbonyl (C=O) groups excluding carboxylic acids is 1. The topological polar surface area (TPSA) is 83.8 Å². The summed E-state index contributed by atoms with van der Waals surface area (Å²) < 4.78 is 5.34. The van der Waals surface area contributed by atoms with Crippen LogP contribution in [-0.4, -0.2) is 35.4 Å². The van der Waals surface area contributed by atoms with Gasteiger partial charge < -0.3 is 14.9 Å². The Morgan fingerprint density at radius 2 is 1.96 bits per heavy atom. The van der Waals surface area contributed by atoms with Crippen molar-refractivity contribution in [1.29, 1.82) is 0 Å². The standard InChI is InChI=1S/C20H34O5/c21-15-8-11-18(20(24)25-16-7-6-12-19(22)23)14-13-17-9-4-2-1-3-5-10-17/h2,4,17-18,21H,1,3,5-16H2,(H,22,23)/b4-2+. The molecule has 0 saturated heterocycles. The van der Waals surface area contributed by atoms with E-state index in [9.17, 15) is 9.59 Å². The molecule has 0 spiro atoms. The Kier molecular flexibility index (Phi) is 12.0. The molecule has 1 aliphatic rings. The number of hydrogen-bond acceptors (Lipinski definition) is 4. The Hall–Kier alpha value is -1.36. The van der Waals surface area contributed by atoms with Gasteiger partial charge in [-0.2, -0.15) is 0 Å². The minimum absolute atomic E-state index is 0.0918. The van der Waals surface area contributed by atoms with E-state index < -0.39 is 5.97 Å². The highest BCUT2D eigenvalue weighted by molar-refractivity contribution is 5.72. The van der Waals surface area contributed by atoms with Gasteiger partial charge in [-0.05, 0) is 63.7 Å². The summed E-state index contributed by atoms with van der Waals surface area (Å²) in [5, 5.41) is 17.7. The van der Waals surface area contributed by atoms with E-state index in [0.29, 0.717) is 31.6 Å². The molecule has 0 aromatic carbocycles. The summed E-state index contributed by atoms with van der Waals surface area (Å²) in [7, 11) is 0. The number of rotatable bonds is 12. The van der Waals surface area contributed by atoms with Crippen molar-refractivity contribution >= 4 is 11.9 Å². The number of carboxylic acid groups (broad SMARTS) is 1. The van der Waals surface area contributed by atoms with Crippen LogP contribution in [0.1, 0.15) is 77.0 Å². The summed E-state index contributed by atoms with van der Waals surface area (Å²) in [6.07, 6.45) is 14.9. The zero-order valence-electron chi connectivity index (χ0n) is 15.3. The van der Waals surface area contributed by atoms with Gasteiger partial charge in [-0.1, -0.05) is 25.0 Å². The molecule has 1 rings (SSSR count). The molecule has 2 atom stereocenters. The van der Waals surface area contributed by atoms with E-state index >= 15 is 0 Å². The molecular weight excluding hydrogens is 320 g/mol. The highest BCUT2D eigenvalue weighted by Gasteiger charge is 2.21. The first-order chi connectivity index (χ1) is 12.1. The molecule has 1 aliphatic carbocycles. The van der Waals surface area contributed by atoms with Gasteiger partial charge in [0.25, 0.3) is 0 Å². The van der Waals surface area contributed by atoms with Gasteiger partial charge in [0.1, 0.15) is 0 Å². The lowest BCUT2D eigenvalue weighted by Gasteiger charge is -2.20. The molecule has 144 valence electrons. The smallest absolute Gasteiger partial charge is 0.308 e. The van der Waals surface area contributed by atoms with Crippen LogP contribution in [0.4, 0.5) is 0 Å². The van der Waals surface area contributed by atoms with Crippen molar-refractivity contribution in [2.45, 2.75) is 77.0 Å². The van der Waals surface area contributed by atoms with Crippen LogP contribution in [0, 0.1) is 11.8 Å². The van der Waals surface area contributed by atoms with Crippen molar-refractivity contribution in [1.82, 2.24) is 0 Å². The van der Waals surface area contributed by atoms with Crippen LogP contribution >= 0.6 is 0 Å². The highest BCUT2D eigenvalue weighted by Crippen LogP contribution is 2.26. The maximum atomic E-state index is 12.3. The maximum Gasteiger partial charge on any atom is 0.308 e. The van der Waals surface area contributed by atoms with E-state index in [1.807, 2.05) is 0 Å². The van der Waals surface area contributed by atoms with Gasteiger partial charge in [-0.15, -0.1) is 0 Å². The fourth-order valence-corrected chi connectivity index (χ4v) is 3.31. The van der Waals surface area contributed by atoms with Crippen LogP contribution in [0.2, 0.25) is 0 Å². The molecule has 0 aromatic rings. The van der Waals surface area contributed by atoms with Gasteiger partial charge in [0.2, 0.25) is 0 Å². The first-order valence-corrected chi connectivity index (χ1v) is 9.77. The first-order valence-electron chi connectivity index (χ1n) is 9.77. The summed E-state index contributed by atoms with van der Waals surface area (Å²) in [4.78, 5) is 22.8. The average molecular weight is 354 g/mol. The molecule has 0 bridgehead atoms. The Labute approximate surface area is 151 Å². The number of ether oxygens (including phenoxy) is 1. The van der Waals surface area contributed by atoms with E-state index in [4.69, 9.17) is 14.9 Å². The molecule has 25 heavy (non-hydrogen) atoms. The van der Waals surface area contributed by atoms with E-state index in [1.54, 1.807) is 0 Å². The highest BCUT2D eigenvalue weighted by atomic mass is 16.5. The van der Waals surface area contributed by atoms with Crippen LogP contribution in [0.5, 0.6) is 0 Å². The van der Waals surface area contributed by atoms with Crippen LogP contribution < -0.4 is 0 Å². The lowest BCUT2D eigenvalue weighted by Crippen LogP contribution is -2.20. The quantitative estimate of drug-likeness (QED) is 0.313. The zero-order chi connectivity index (χ0) is 18.3. The number of allylic oxidation sites excluding steroid dienone is 2. The van der Waals surface area contributed by atoms with Gasteiger partial charge in [-0.3, -0.25) is 9.59 Å². The van der Waals surface area contributed by atoms with Gasteiger partial charge in [0, 0.05) is 13.0 Å². The fourth-order valence-electron chi connectivity index (χ4n) is 3.31. The minimum atomic E-state index is -0.819. The zero-order valence-corrected chi connectivity index (χ0v) is 15.3. The molecule has 2 unspecified atom stereocenters. The van der Waals surface area contributed by atoms with Crippen molar-refractivity contribution in [2.24, 2.45) is 11.8 Å². The third-order valence-electron chi connectivity index (χ3n) is 4.87. The van der Waals surface area contributed by atoms with E-state index in [2.05, 4.69) is 12.2 Å². The number of carboxylic acids is 1. The van der Waals surface area contributed by atoms with Gasteiger partial charge in [0.15, 0.2) is 0 Å². The van der Waals surface area contributed by atoms with Crippen molar-refractivity contribution in [3.8, 4) is 0 Å². The third kappa shape index (κ3) is 11.0. The Morgan fingerprint density at radius 3 is 2.72 bits per heavy atom. The molecule has 5 nitrogen and oxygen atoms in total. The molecule has 0 fully saturated rings. The normalized spacial score (nSPS) is 20.3. The molecule has 0 saturated carbocycles. The first kappa shape index (κ1) is 21.7. The van der Waals surface area contributed by atoms with Crippen LogP contribution in [0.3, 0.4) is 0 Å². The van der Waals surface area contributed by atoms with Gasteiger partial charge in [-0.25, -0.2) is 0 Å². The Balaban J connectivity index is 2.35. The predicted molar refractivity (Wildman–Crippen MR) is 97.2 cm³/mol. The lowest BCUT2D eigenvalue weighted by atomic mass is 9.87. The molecule has 0 heterocycles. The van der Waals surface area contributed by atoms with Crippen molar-refractivity contribution in [3.05, 3.63) is 12.2 Å². The number of unbranched alkanes of at least 4 members (excludes halogenated alkanes) is 1. The summed E-state index contributed by atoms with van der Waals surface area (Å²) in [5.41, 5.74) is 0. The molecule has 0 radical (unpaired) electrons. The summed E-state index contributed by atoms with van der Waals surface area (Å²) in [6.45, 7) is 0.377. The second kappa shape index (κ2) is 13.9. The second-order valence-electron chi connectivity index (χ2n) is 7.02. The monoisotopic (exact) mass is 354 g/mol. The largest absolute Gasteiger partial charge is 0.481 e. The number of aliphatic hydroxyl groups is 1. The van der Waals surface area contributed by atoms with E-state index in [1.165, 1.54) is 25.7 Å². The lowest BCUT2D eigenvalue weighted by molar-refractivity contribution is -0.149. The van der Waals surface area contributed by atoms with Crippen LogP contribution in [-0.2, 0) is 14.3 Å². The number of aliphatic hydroxyl groups excluding tert-OH is 1. The molecule has 0 aliphatic heterocycles. The van der Waals surface area contributed by atoms with Gasteiger partial charge >= 0.3 is 11.9 Å². The molecule has 5 heteroatoms. The third-order valence-corrected chi connectivity index (χ3v) is 4.87. The SMILES string of the molecule is O=C(O)CCCCOC(=O)C(CCCO)CCC1C/C=C/CCCC1. The van der Waals surface area contributed by atoms with E-state index in [0.717, 1.165) is 19.3 Å². The van der Waals surface area contributed by atoms with Gasteiger partial charge in [0.05, 0.1) is 12.5 Å². The average Bonchev–Trinajstić information content (AvgIpc) is 2.55. The Morgan fingerprint density at radius 1 is 1.12 bits per heavy atom. The van der Waals surface area contributed by atoms with Crippen LogP contribution in [0.25, 0.3) is 0 Å². The van der Waals surface area contributed by atoms with E-state index in [-0.39, 0.29) is 31.5 Å². The van der Waals surface area contributed by atoms with Crippen LogP contribution in [0.15, 0.2) is 12.2 Å². The summed E-state index contributed by atoms with van der Waals surface area (Å²) >= 11 is 0. The fraction of sp³-hybridized carbons (Fsp3) is 0.800. The summed E-state index contributed by atoms with van der Waals surface area (Å²) in [6, 6.07) is 0. The number of carbonyl (C=O) groups is 2. The molecule has 0 aromatic heterocycles. The number of esters is 1. The maximum absolute atomic E-state index is 12.3. The Bertz CT molecular complexity index is 405. The predicted octanol–water partition coefficient (Wildman–Crippen LogP) is 4.09.